The molecule has 28 heavy (non-hydrogen) atoms. The van der Waals surface area contributed by atoms with Crippen LogP contribution in [-0.4, -0.2) is 38.8 Å². The summed E-state index contributed by atoms with van der Waals surface area (Å²) in [5.41, 5.74) is 2.40. The van der Waals surface area contributed by atoms with Crippen molar-refractivity contribution in [3.8, 4) is 0 Å². The summed E-state index contributed by atoms with van der Waals surface area (Å²) in [6, 6.07) is 10.6. The quantitative estimate of drug-likeness (QED) is 0.194. The fourth-order valence-electron chi connectivity index (χ4n) is 2.88. The Kier molecular flexibility index (Phi) is 8.75. The van der Waals surface area contributed by atoms with Crippen LogP contribution in [0.3, 0.4) is 0 Å². The van der Waals surface area contributed by atoms with Crippen LogP contribution in [0.5, 0.6) is 0 Å². The molecule has 152 valence electrons. The van der Waals surface area contributed by atoms with Crippen LogP contribution >= 0.6 is 24.0 Å². The van der Waals surface area contributed by atoms with Crippen molar-refractivity contribution in [2.24, 2.45) is 12.0 Å². The minimum atomic E-state index is 0. The largest absolute Gasteiger partial charge is 0.358 e. The molecule has 0 saturated heterocycles. The highest BCUT2D eigenvalue weighted by Crippen LogP contribution is 2.14. The van der Waals surface area contributed by atoms with Crippen LogP contribution in [0.2, 0.25) is 0 Å². The zero-order chi connectivity index (χ0) is 19.1. The second kappa shape index (κ2) is 11.0. The number of guanidine groups is 1. The third-order valence-corrected chi connectivity index (χ3v) is 4.66. The van der Waals surface area contributed by atoms with E-state index < -0.39 is 0 Å². The molecule has 3 aromatic rings. The zero-order valence-electron chi connectivity index (χ0n) is 16.8. The Morgan fingerprint density at radius 2 is 1.96 bits per heavy atom. The molecule has 0 amide bonds. The maximum Gasteiger partial charge on any atom is 0.191 e. The lowest BCUT2D eigenvalue weighted by atomic mass is 10.2. The molecular weight excluding hydrogens is 465 g/mol. The predicted octanol–water partition coefficient (Wildman–Crippen LogP) is 3.30. The number of nitrogens with one attached hydrogen (secondary N) is 3. The number of halogens is 1. The van der Waals surface area contributed by atoms with Crippen molar-refractivity contribution in [2.45, 2.75) is 39.7 Å². The molecule has 3 N–H and O–H groups in total. The molecule has 0 unspecified atom stereocenters. The van der Waals surface area contributed by atoms with E-state index in [1.807, 2.05) is 18.5 Å². The van der Waals surface area contributed by atoms with Crippen molar-refractivity contribution in [1.82, 2.24) is 30.4 Å². The molecule has 1 aromatic carbocycles. The van der Waals surface area contributed by atoms with Gasteiger partial charge in [-0.05, 0) is 30.9 Å². The summed E-state index contributed by atoms with van der Waals surface area (Å²) in [7, 11) is 1.97. The molecule has 2 aromatic heterocycles. The molecule has 0 aliphatic heterocycles. The average Bonchev–Trinajstić information content (AvgIpc) is 3.23. The Morgan fingerprint density at radius 1 is 1.18 bits per heavy atom. The second-order valence-electron chi connectivity index (χ2n) is 6.73. The summed E-state index contributed by atoms with van der Waals surface area (Å²) in [5.74, 6) is 2.58. The summed E-state index contributed by atoms with van der Waals surface area (Å²) >= 11 is 0. The molecule has 0 bridgehead atoms. The molecule has 3 rings (SSSR count). The number of fused-ring (bicyclic) bond motifs is 1. The minimum absolute atomic E-state index is 0. The first-order valence-electron chi connectivity index (χ1n) is 9.61. The number of para-hydroxylation sites is 1. The van der Waals surface area contributed by atoms with E-state index in [0.717, 1.165) is 50.0 Å². The van der Waals surface area contributed by atoms with Crippen molar-refractivity contribution in [3.63, 3.8) is 0 Å². The molecular formula is C20H30IN7. The third-order valence-electron chi connectivity index (χ3n) is 4.66. The Labute approximate surface area is 183 Å². The highest BCUT2D eigenvalue weighted by molar-refractivity contribution is 14.0. The lowest BCUT2D eigenvalue weighted by Crippen LogP contribution is -2.39. The van der Waals surface area contributed by atoms with Gasteiger partial charge in [0.05, 0.1) is 0 Å². The Bertz CT molecular complexity index is 864. The Balaban J connectivity index is 0.00000280. The maximum atomic E-state index is 4.67. The number of nitrogens with zero attached hydrogens (tertiary/aromatic N) is 4. The first-order valence-corrected chi connectivity index (χ1v) is 9.61. The number of aliphatic imine (C=N–C) groups is 1. The molecule has 0 radical (unpaired) electrons. The fraction of sp³-hybridized carbons (Fsp3) is 0.450. The fourth-order valence-corrected chi connectivity index (χ4v) is 2.88. The van der Waals surface area contributed by atoms with E-state index in [4.69, 9.17) is 0 Å². The third kappa shape index (κ3) is 5.95. The van der Waals surface area contributed by atoms with E-state index in [-0.39, 0.29) is 24.0 Å². The molecule has 0 aliphatic rings. The summed E-state index contributed by atoms with van der Waals surface area (Å²) in [6.45, 7) is 6.35. The number of aryl methyl sites for hydroxylation is 1. The van der Waals surface area contributed by atoms with Crippen LogP contribution in [0, 0.1) is 6.92 Å². The lowest BCUT2D eigenvalue weighted by Gasteiger charge is -2.12. The molecule has 0 spiro atoms. The standard InChI is InChI=1S/C20H29N7.HI/c1-4-5-11-21-20(23-14-19-26-25-15(2)27(19)3)22-12-10-17-13-16-8-6-7-9-18(16)24-17;/h6-9,13,24H,4-5,10-12,14H2,1-3H3,(H2,21,22,23);1H. The number of H-pyrrole nitrogens is 1. The van der Waals surface area contributed by atoms with Crippen LogP contribution in [0.4, 0.5) is 0 Å². The normalized spacial score (nSPS) is 11.5. The summed E-state index contributed by atoms with van der Waals surface area (Å²) < 4.78 is 1.97. The van der Waals surface area contributed by atoms with E-state index in [2.05, 4.69) is 68.1 Å². The molecule has 0 saturated carbocycles. The van der Waals surface area contributed by atoms with Gasteiger partial charge in [-0.2, -0.15) is 0 Å². The van der Waals surface area contributed by atoms with Crippen LogP contribution in [0.25, 0.3) is 10.9 Å². The van der Waals surface area contributed by atoms with Crippen molar-refractivity contribution in [2.75, 3.05) is 13.1 Å². The first kappa shape index (κ1) is 22.2. The number of unbranched alkanes of at least 4 members (excludes halogenated alkanes) is 1. The number of hydrogen-bond donors (Lipinski definition) is 3. The minimum Gasteiger partial charge on any atom is -0.358 e. The molecule has 0 atom stereocenters. The van der Waals surface area contributed by atoms with E-state index >= 15 is 0 Å². The molecule has 8 heteroatoms. The van der Waals surface area contributed by atoms with Crippen LogP contribution < -0.4 is 10.6 Å². The average molecular weight is 495 g/mol. The number of benzene rings is 1. The van der Waals surface area contributed by atoms with E-state index in [0.29, 0.717) is 6.54 Å². The van der Waals surface area contributed by atoms with Gasteiger partial charge in [0.25, 0.3) is 0 Å². The molecule has 2 heterocycles. The van der Waals surface area contributed by atoms with Gasteiger partial charge >= 0.3 is 0 Å². The first-order chi connectivity index (χ1) is 13.2. The van der Waals surface area contributed by atoms with Crippen LogP contribution in [0.1, 0.15) is 37.1 Å². The van der Waals surface area contributed by atoms with Gasteiger partial charge in [0.1, 0.15) is 12.4 Å². The highest BCUT2D eigenvalue weighted by Gasteiger charge is 2.06. The highest BCUT2D eigenvalue weighted by atomic mass is 127. The zero-order valence-corrected chi connectivity index (χ0v) is 19.2. The summed E-state index contributed by atoms with van der Waals surface area (Å²) in [5, 5.41) is 16.4. The monoisotopic (exact) mass is 495 g/mol. The number of rotatable bonds is 8. The van der Waals surface area contributed by atoms with Gasteiger partial charge in [0, 0.05) is 37.8 Å². The summed E-state index contributed by atoms with van der Waals surface area (Å²) in [6.07, 6.45) is 3.18. The van der Waals surface area contributed by atoms with Crippen LogP contribution in [0.15, 0.2) is 35.3 Å². The van der Waals surface area contributed by atoms with Gasteiger partial charge < -0.3 is 20.2 Å². The predicted molar refractivity (Wildman–Crippen MR) is 125 cm³/mol. The molecule has 0 aliphatic carbocycles. The van der Waals surface area contributed by atoms with Crippen LogP contribution in [-0.2, 0) is 20.0 Å². The number of aromatic amines is 1. The van der Waals surface area contributed by atoms with Crippen molar-refractivity contribution in [3.05, 3.63) is 47.7 Å². The van der Waals surface area contributed by atoms with Gasteiger partial charge in [-0.15, -0.1) is 34.2 Å². The van der Waals surface area contributed by atoms with E-state index in [1.165, 1.54) is 16.6 Å². The van der Waals surface area contributed by atoms with Crippen molar-refractivity contribution in [1.29, 1.82) is 0 Å². The van der Waals surface area contributed by atoms with E-state index in [9.17, 15) is 0 Å². The Hall–Kier alpha value is -2.10. The molecule has 7 nitrogen and oxygen atoms in total. The molecule has 0 fully saturated rings. The lowest BCUT2D eigenvalue weighted by molar-refractivity contribution is 0.713. The SMILES string of the molecule is CCCCNC(=NCc1nnc(C)n1C)NCCc1cc2ccccc2[nH]1.I. The Morgan fingerprint density at radius 3 is 2.68 bits per heavy atom. The van der Waals surface area contributed by atoms with Gasteiger partial charge in [-0.3, -0.25) is 0 Å². The number of aromatic nitrogens is 4. The van der Waals surface area contributed by atoms with Gasteiger partial charge in [0.15, 0.2) is 11.8 Å². The summed E-state index contributed by atoms with van der Waals surface area (Å²) in [4.78, 5) is 8.14. The topological polar surface area (TPSA) is 82.9 Å². The smallest absolute Gasteiger partial charge is 0.191 e. The van der Waals surface area contributed by atoms with Gasteiger partial charge in [-0.25, -0.2) is 4.99 Å². The number of hydrogen-bond acceptors (Lipinski definition) is 3. The van der Waals surface area contributed by atoms with E-state index in [1.54, 1.807) is 0 Å². The maximum absolute atomic E-state index is 4.67. The second-order valence-corrected chi connectivity index (χ2v) is 6.73. The van der Waals surface area contributed by atoms with Crippen molar-refractivity contribution >= 4 is 40.8 Å². The van der Waals surface area contributed by atoms with Gasteiger partial charge in [-0.1, -0.05) is 31.5 Å². The van der Waals surface area contributed by atoms with Gasteiger partial charge in [0.2, 0.25) is 0 Å². The van der Waals surface area contributed by atoms with Crippen molar-refractivity contribution < 1.29 is 0 Å².